The first-order chi connectivity index (χ1) is 6.62. The topological polar surface area (TPSA) is 29.5 Å². The number of ether oxygens (including phenoxy) is 1. The summed E-state index contributed by atoms with van der Waals surface area (Å²) < 4.78 is 6.01. The van der Waals surface area contributed by atoms with E-state index in [4.69, 9.17) is 16.3 Å². The van der Waals surface area contributed by atoms with E-state index in [-0.39, 0.29) is 0 Å². The van der Waals surface area contributed by atoms with E-state index in [2.05, 4.69) is 0 Å². The molecular weight excluding hydrogens is 220 g/mol. The molecule has 0 bridgehead atoms. The number of aliphatic hydroxyl groups is 1. The van der Waals surface area contributed by atoms with Gasteiger partial charge in [-0.3, -0.25) is 0 Å². The molecule has 0 aromatic carbocycles. The first-order valence-corrected chi connectivity index (χ1v) is 5.88. The van der Waals surface area contributed by atoms with Crippen molar-refractivity contribution in [2.75, 3.05) is 13.2 Å². The molecule has 14 heavy (non-hydrogen) atoms. The highest BCUT2D eigenvalue weighted by atomic mass is 35.5. The Balaban J connectivity index is 2.28. The van der Waals surface area contributed by atoms with Crippen molar-refractivity contribution in [3.63, 3.8) is 0 Å². The van der Waals surface area contributed by atoms with Gasteiger partial charge in [-0.1, -0.05) is 11.6 Å². The van der Waals surface area contributed by atoms with Crippen LogP contribution in [0.25, 0.3) is 0 Å². The van der Waals surface area contributed by atoms with Crippen LogP contribution < -0.4 is 0 Å². The van der Waals surface area contributed by atoms with Crippen LogP contribution in [0.5, 0.6) is 0 Å². The summed E-state index contributed by atoms with van der Waals surface area (Å²) in [6.07, 6.45) is 1.34. The summed E-state index contributed by atoms with van der Waals surface area (Å²) >= 11 is 7.47. The Morgan fingerprint density at radius 1 is 1.50 bits per heavy atom. The highest BCUT2D eigenvalue weighted by Crippen LogP contribution is 2.39. The van der Waals surface area contributed by atoms with Crippen LogP contribution in [0.4, 0.5) is 0 Å². The largest absolute Gasteiger partial charge is 0.384 e. The van der Waals surface area contributed by atoms with Crippen LogP contribution in [0.3, 0.4) is 0 Å². The van der Waals surface area contributed by atoms with Crippen molar-refractivity contribution in [3.8, 4) is 0 Å². The van der Waals surface area contributed by atoms with Crippen LogP contribution in [-0.4, -0.2) is 18.3 Å². The highest BCUT2D eigenvalue weighted by Gasteiger charge is 2.33. The third-order valence-corrected chi connectivity index (χ3v) is 4.38. The van der Waals surface area contributed by atoms with Gasteiger partial charge < -0.3 is 9.84 Å². The zero-order valence-corrected chi connectivity index (χ0v) is 9.62. The molecular formula is C10H13ClO2S. The van der Waals surface area contributed by atoms with Gasteiger partial charge in [0.15, 0.2) is 0 Å². The summed E-state index contributed by atoms with van der Waals surface area (Å²) in [4.78, 5) is 0.975. The molecule has 0 spiro atoms. The van der Waals surface area contributed by atoms with Crippen LogP contribution in [0, 0.1) is 6.92 Å². The minimum Gasteiger partial charge on any atom is -0.384 e. The normalized spacial score (nSPS) is 21.1. The van der Waals surface area contributed by atoms with E-state index in [1.807, 2.05) is 13.0 Å². The summed E-state index contributed by atoms with van der Waals surface area (Å²) in [6, 6.07) is 1.98. The molecule has 1 N–H and O–H groups in total. The number of halogens is 1. The van der Waals surface area contributed by atoms with E-state index in [0.717, 1.165) is 14.8 Å². The average Bonchev–Trinajstić information content (AvgIpc) is 2.49. The van der Waals surface area contributed by atoms with Crippen molar-refractivity contribution in [3.05, 3.63) is 20.8 Å². The van der Waals surface area contributed by atoms with Gasteiger partial charge in [0.2, 0.25) is 0 Å². The number of hydrogen-bond donors (Lipinski definition) is 1. The minimum atomic E-state index is -0.708. The molecule has 2 heterocycles. The molecule has 1 aromatic heterocycles. The Hall–Kier alpha value is -0.0900. The van der Waals surface area contributed by atoms with E-state index < -0.39 is 5.60 Å². The predicted molar refractivity (Wildman–Crippen MR) is 58.0 cm³/mol. The SMILES string of the molecule is Cc1cc(C2(O)CCOCC2)sc1Cl. The fourth-order valence-electron chi connectivity index (χ4n) is 1.64. The molecule has 1 fully saturated rings. The molecule has 0 saturated carbocycles. The van der Waals surface area contributed by atoms with Gasteiger partial charge in [-0.25, -0.2) is 0 Å². The molecule has 1 aliphatic heterocycles. The molecule has 2 nitrogen and oxygen atoms in total. The summed E-state index contributed by atoms with van der Waals surface area (Å²) in [7, 11) is 0. The summed E-state index contributed by atoms with van der Waals surface area (Å²) in [5.41, 5.74) is 0.340. The molecule has 0 aliphatic carbocycles. The van der Waals surface area contributed by atoms with E-state index in [1.165, 1.54) is 11.3 Å². The van der Waals surface area contributed by atoms with E-state index in [9.17, 15) is 5.11 Å². The molecule has 0 amide bonds. The molecule has 0 unspecified atom stereocenters. The third-order valence-electron chi connectivity index (χ3n) is 2.64. The Morgan fingerprint density at radius 3 is 2.64 bits per heavy atom. The number of thiophene rings is 1. The molecule has 78 valence electrons. The first-order valence-electron chi connectivity index (χ1n) is 4.68. The van der Waals surface area contributed by atoms with Crippen molar-refractivity contribution < 1.29 is 9.84 Å². The summed E-state index contributed by atoms with van der Waals surface area (Å²) in [6.45, 7) is 3.22. The van der Waals surface area contributed by atoms with Gasteiger partial charge >= 0.3 is 0 Å². The van der Waals surface area contributed by atoms with Gasteiger partial charge in [-0.2, -0.15) is 0 Å². The molecule has 1 aliphatic rings. The maximum atomic E-state index is 10.4. The van der Waals surface area contributed by atoms with Gasteiger partial charge in [-0.05, 0) is 18.6 Å². The smallest absolute Gasteiger partial charge is 0.103 e. The fraction of sp³-hybridized carbons (Fsp3) is 0.600. The minimum absolute atomic E-state index is 0.630. The van der Waals surface area contributed by atoms with Crippen LogP contribution >= 0.6 is 22.9 Å². The Kier molecular flexibility index (Phi) is 2.84. The monoisotopic (exact) mass is 232 g/mol. The average molecular weight is 233 g/mol. The van der Waals surface area contributed by atoms with E-state index >= 15 is 0 Å². The lowest BCUT2D eigenvalue weighted by atomic mass is 9.92. The predicted octanol–water partition coefficient (Wildman–Crippen LogP) is 2.71. The molecule has 0 atom stereocenters. The summed E-state index contributed by atoms with van der Waals surface area (Å²) in [5, 5.41) is 10.4. The molecule has 4 heteroatoms. The maximum Gasteiger partial charge on any atom is 0.103 e. The van der Waals surface area contributed by atoms with Gasteiger partial charge in [0.1, 0.15) is 5.60 Å². The van der Waals surface area contributed by atoms with E-state index in [0.29, 0.717) is 26.1 Å². The van der Waals surface area contributed by atoms with Gasteiger partial charge in [0.25, 0.3) is 0 Å². The first kappa shape index (κ1) is 10.4. The summed E-state index contributed by atoms with van der Waals surface area (Å²) in [5.74, 6) is 0. The fourth-order valence-corrected chi connectivity index (χ4v) is 2.99. The Bertz CT molecular complexity index is 309. The lowest BCUT2D eigenvalue weighted by Gasteiger charge is -2.30. The number of hydrogen-bond acceptors (Lipinski definition) is 3. The maximum absolute atomic E-state index is 10.4. The quantitative estimate of drug-likeness (QED) is 0.807. The number of rotatable bonds is 1. The van der Waals surface area contributed by atoms with Gasteiger partial charge in [-0.15, -0.1) is 11.3 Å². The third kappa shape index (κ3) is 1.82. The van der Waals surface area contributed by atoms with E-state index in [1.54, 1.807) is 0 Å². The van der Waals surface area contributed by atoms with Crippen molar-refractivity contribution in [1.82, 2.24) is 0 Å². The lowest BCUT2D eigenvalue weighted by molar-refractivity contribution is -0.0656. The molecule has 2 rings (SSSR count). The standard InChI is InChI=1S/C10H13ClO2S/c1-7-6-8(14-9(7)11)10(12)2-4-13-5-3-10/h6,12H,2-5H2,1H3. The molecule has 1 saturated heterocycles. The van der Waals surface area contributed by atoms with Crippen LogP contribution in [0.15, 0.2) is 6.07 Å². The second-order valence-electron chi connectivity index (χ2n) is 3.71. The number of aryl methyl sites for hydroxylation is 1. The molecule has 0 radical (unpaired) electrons. The zero-order chi connectivity index (χ0) is 10.2. The van der Waals surface area contributed by atoms with Crippen molar-refractivity contribution in [1.29, 1.82) is 0 Å². The van der Waals surface area contributed by atoms with Crippen molar-refractivity contribution in [2.24, 2.45) is 0 Å². The van der Waals surface area contributed by atoms with Crippen LogP contribution in [0.2, 0.25) is 4.34 Å². The Labute approximate surface area is 92.5 Å². The van der Waals surface area contributed by atoms with Gasteiger partial charge in [0.05, 0.1) is 4.34 Å². The van der Waals surface area contributed by atoms with Crippen LogP contribution in [0.1, 0.15) is 23.3 Å². The van der Waals surface area contributed by atoms with Crippen molar-refractivity contribution in [2.45, 2.75) is 25.4 Å². The zero-order valence-electron chi connectivity index (χ0n) is 8.05. The lowest BCUT2D eigenvalue weighted by Crippen LogP contribution is -2.32. The second kappa shape index (κ2) is 3.81. The highest BCUT2D eigenvalue weighted by molar-refractivity contribution is 7.16. The van der Waals surface area contributed by atoms with Gasteiger partial charge in [0, 0.05) is 30.9 Å². The Morgan fingerprint density at radius 2 is 2.14 bits per heavy atom. The molecule has 1 aromatic rings. The van der Waals surface area contributed by atoms with Crippen molar-refractivity contribution >= 4 is 22.9 Å². The van der Waals surface area contributed by atoms with Crippen LogP contribution in [-0.2, 0) is 10.3 Å². The second-order valence-corrected chi connectivity index (χ2v) is 5.37.